The van der Waals surface area contributed by atoms with E-state index in [1.54, 1.807) is 42.5 Å². The van der Waals surface area contributed by atoms with Crippen LogP contribution in [0.2, 0.25) is 5.02 Å². The molecule has 10 heteroatoms. The van der Waals surface area contributed by atoms with Gasteiger partial charge in [-0.3, -0.25) is 4.79 Å². The summed E-state index contributed by atoms with van der Waals surface area (Å²) in [7, 11) is 1.47. The fourth-order valence-electron chi connectivity index (χ4n) is 2.47. The zero-order valence-electron chi connectivity index (χ0n) is 15.6. The summed E-state index contributed by atoms with van der Waals surface area (Å²) in [5.41, 5.74) is 1.61. The van der Waals surface area contributed by atoms with Crippen LogP contribution in [0, 0.1) is 22.7 Å². The molecule has 3 rings (SSSR count). The van der Waals surface area contributed by atoms with Crippen molar-refractivity contribution in [1.29, 1.82) is 10.5 Å². The van der Waals surface area contributed by atoms with E-state index in [1.807, 2.05) is 12.1 Å². The van der Waals surface area contributed by atoms with Crippen molar-refractivity contribution < 1.29 is 4.74 Å². The molecule has 148 valence electrons. The molecule has 0 bridgehead atoms. The Balaban J connectivity index is 1.89. The minimum atomic E-state index is -0.528. The van der Waals surface area contributed by atoms with Crippen LogP contribution in [-0.4, -0.2) is 22.3 Å². The molecule has 30 heavy (non-hydrogen) atoms. The monoisotopic (exact) mass is 419 g/mol. The zero-order chi connectivity index (χ0) is 21.5. The molecule has 0 fully saturated rings. The predicted octanol–water partition coefficient (Wildman–Crippen LogP) is 3.72. The number of nitrogens with zero attached hydrogens (tertiary/aromatic N) is 4. The molecule has 0 aliphatic rings. The Kier molecular flexibility index (Phi) is 6.28. The van der Waals surface area contributed by atoms with E-state index >= 15 is 0 Å². The van der Waals surface area contributed by atoms with Crippen molar-refractivity contribution >= 4 is 40.8 Å². The van der Waals surface area contributed by atoms with E-state index in [0.717, 1.165) is 0 Å². The first-order chi connectivity index (χ1) is 14.5. The molecule has 1 aromatic heterocycles. The topological polar surface area (TPSA) is 140 Å². The molecular weight excluding hydrogens is 406 g/mol. The third-order valence-electron chi connectivity index (χ3n) is 3.86. The second-order valence-electron chi connectivity index (χ2n) is 5.82. The van der Waals surface area contributed by atoms with E-state index in [0.29, 0.717) is 33.3 Å². The molecule has 9 nitrogen and oxygen atoms in total. The zero-order valence-corrected chi connectivity index (χ0v) is 16.4. The summed E-state index contributed by atoms with van der Waals surface area (Å²) < 4.78 is 5.36. The minimum absolute atomic E-state index is 0.000806. The van der Waals surface area contributed by atoms with E-state index < -0.39 is 5.56 Å². The average Bonchev–Trinajstić information content (AvgIpc) is 2.76. The Morgan fingerprint density at radius 2 is 1.97 bits per heavy atom. The molecule has 1 heterocycles. The summed E-state index contributed by atoms with van der Waals surface area (Å²) in [6.07, 6.45) is 2.92. The van der Waals surface area contributed by atoms with E-state index in [2.05, 4.69) is 25.8 Å². The predicted molar refractivity (Wildman–Crippen MR) is 113 cm³/mol. The first kappa shape index (κ1) is 20.4. The Labute approximate surface area is 176 Å². The highest BCUT2D eigenvalue weighted by Gasteiger charge is 2.13. The lowest BCUT2D eigenvalue weighted by atomic mass is 10.1. The lowest BCUT2D eigenvalue weighted by Crippen LogP contribution is -2.17. The molecule has 0 spiro atoms. The first-order valence-corrected chi connectivity index (χ1v) is 8.86. The molecule has 3 N–H and O–H groups in total. The maximum Gasteiger partial charge on any atom is 0.307 e. The van der Waals surface area contributed by atoms with Gasteiger partial charge >= 0.3 is 5.56 Å². The molecule has 0 radical (unpaired) electrons. The van der Waals surface area contributed by atoms with Gasteiger partial charge in [-0.1, -0.05) is 11.6 Å². The van der Waals surface area contributed by atoms with Gasteiger partial charge in [0.2, 0.25) is 11.8 Å². The molecule has 0 atom stereocenters. The van der Waals surface area contributed by atoms with Crippen molar-refractivity contribution in [2.24, 2.45) is 0 Å². The van der Waals surface area contributed by atoms with Gasteiger partial charge in [-0.15, -0.1) is 5.10 Å². The summed E-state index contributed by atoms with van der Waals surface area (Å²) in [6, 6.07) is 13.8. The largest absolute Gasteiger partial charge is 0.494 e. The number of benzene rings is 2. The van der Waals surface area contributed by atoms with Crippen LogP contribution in [0.15, 0.2) is 47.3 Å². The normalized spacial score (nSPS) is 10.3. The molecular formula is C20H14ClN7O2. The van der Waals surface area contributed by atoms with Crippen LogP contribution >= 0.6 is 11.6 Å². The summed E-state index contributed by atoms with van der Waals surface area (Å²) >= 11 is 6.34. The Hall–Kier alpha value is -4.34. The number of halogens is 1. The number of methoxy groups -OCH3 is 1. The lowest BCUT2D eigenvalue weighted by molar-refractivity contribution is 0.416. The Bertz CT molecular complexity index is 1240. The summed E-state index contributed by atoms with van der Waals surface area (Å²) in [5.74, 6) is 0.476. The Morgan fingerprint density at radius 3 is 2.63 bits per heavy atom. The van der Waals surface area contributed by atoms with Gasteiger partial charge in [0, 0.05) is 11.8 Å². The standard InChI is InChI=1S/C20H14ClN7O2/c1-30-16-10-13(3-2-8-22)9-15(21)17(16)25-20-26-18(19(29)27-28-20)24-14-6-4-12(11-23)5-7-14/h2-7,9-10H,1H3,(H,27,29)(H2,24,25,26,28). The Morgan fingerprint density at radius 1 is 1.20 bits per heavy atom. The fraction of sp³-hybridized carbons (Fsp3) is 0.0500. The average molecular weight is 420 g/mol. The number of nitrogens with one attached hydrogen (secondary N) is 3. The number of aromatic nitrogens is 3. The van der Waals surface area contributed by atoms with Gasteiger partial charge in [0.1, 0.15) is 11.4 Å². The third-order valence-corrected chi connectivity index (χ3v) is 4.15. The molecule has 0 amide bonds. The molecule has 0 aliphatic carbocycles. The molecule has 0 saturated carbocycles. The number of H-pyrrole nitrogens is 1. The number of allylic oxidation sites excluding steroid dienone is 1. The number of hydrogen-bond acceptors (Lipinski definition) is 8. The van der Waals surface area contributed by atoms with Gasteiger partial charge in [0.05, 0.1) is 29.8 Å². The number of ether oxygens (including phenoxy) is 1. The van der Waals surface area contributed by atoms with Crippen molar-refractivity contribution in [2.75, 3.05) is 17.7 Å². The fourth-order valence-corrected chi connectivity index (χ4v) is 2.74. The van der Waals surface area contributed by atoms with Crippen LogP contribution in [0.4, 0.5) is 23.1 Å². The van der Waals surface area contributed by atoms with Gasteiger partial charge in [-0.2, -0.15) is 15.5 Å². The van der Waals surface area contributed by atoms with E-state index in [1.165, 1.54) is 13.2 Å². The van der Waals surface area contributed by atoms with Gasteiger partial charge < -0.3 is 15.4 Å². The van der Waals surface area contributed by atoms with Gasteiger partial charge in [0.15, 0.2) is 0 Å². The smallest absolute Gasteiger partial charge is 0.307 e. The molecule has 0 aliphatic heterocycles. The number of anilines is 4. The quantitative estimate of drug-likeness (QED) is 0.513. The second kappa shape index (κ2) is 9.24. The van der Waals surface area contributed by atoms with Crippen LogP contribution in [0.25, 0.3) is 6.08 Å². The molecule has 3 aromatic rings. The molecule has 0 unspecified atom stereocenters. The highest BCUT2D eigenvalue weighted by molar-refractivity contribution is 6.33. The number of rotatable bonds is 6. The van der Waals surface area contributed by atoms with Crippen LogP contribution in [0.1, 0.15) is 11.1 Å². The van der Waals surface area contributed by atoms with E-state index in [9.17, 15) is 4.79 Å². The number of nitriles is 2. The summed E-state index contributed by atoms with van der Waals surface area (Å²) in [4.78, 5) is 16.3. The lowest BCUT2D eigenvalue weighted by Gasteiger charge is -2.13. The van der Waals surface area contributed by atoms with Gasteiger partial charge in [-0.25, -0.2) is 5.10 Å². The number of aromatic amines is 1. The van der Waals surface area contributed by atoms with Crippen LogP contribution in [0.5, 0.6) is 5.75 Å². The van der Waals surface area contributed by atoms with Gasteiger partial charge in [0.25, 0.3) is 0 Å². The van der Waals surface area contributed by atoms with Crippen molar-refractivity contribution in [3.63, 3.8) is 0 Å². The summed E-state index contributed by atoms with van der Waals surface area (Å²) in [5, 5.41) is 29.9. The third kappa shape index (κ3) is 4.73. The van der Waals surface area contributed by atoms with Crippen molar-refractivity contribution in [3.8, 4) is 17.9 Å². The maximum absolute atomic E-state index is 12.1. The van der Waals surface area contributed by atoms with Crippen molar-refractivity contribution in [3.05, 3.63) is 69.0 Å². The minimum Gasteiger partial charge on any atom is -0.494 e. The van der Waals surface area contributed by atoms with Crippen LogP contribution in [0.3, 0.4) is 0 Å². The van der Waals surface area contributed by atoms with E-state index in [4.69, 9.17) is 26.9 Å². The summed E-state index contributed by atoms with van der Waals surface area (Å²) in [6.45, 7) is 0. The van der Waals surface area contributed by atoms with Crippen molar-refractivity contribution in [1.82, 2.24) is 15.2 Å². The molecule has 0 saturated heterocycles. The first-order valence-electron chi connectivity index (χ1n) is 8.48. The van der Waals surface area contributed by atoms with Crippen molar-refractivity contribution in [2.45, 2.75) is 0 Å². The van der Waals surface area contributed by atoms with Gasteiger partial charge in [-0.05, 0) is 48.0 Å². The number of hydrogen-bond donors (Lipinski definition) is 3. The van der Waals surface area contributed by atoms with Crippen LogP contribution in [-0.2, 0) is 0 Å². The highest BCUT2D eigenvalue weighted by Crippen LogP contribution is 2.36. The molecule has 2 aromatic carbocycles. The SMILES string of the molecule is COc1cc(C=CC#N)cc(Cl)c1Nc1n[nH]c(=O)c(Nc2ccc(C#N)cc2)n1. The maximum atomic E-state index is 12.1. The van der Waals surface area contributed by atoms with Crippen LogP contribution < -0.4 is 20.9 Å². The second-order valence-corrected chi connectivity index (χ2v) is 6.23. The van der Waals surface area contributed by atoms with E-state index in [-0.39, 0.29) is 11.8 Å². The highest BCUT2D eigenvalue weighted by atomic mass is 35.5.